The highest BCUT2D eigenvalue weighted by Crippen LogP contribution is 2.12. The third-order valence-electron chi connectivity index (χ3n) is 2.92. The Kier molecular flexibility index (Phi) is 5.94. The molecule has 0 heterocycles. The number of benzene rings is 1. The first kappa shape index (κ1) is 13.0. The Labute approximate surface area is 98.7 Å². The molecule has 16 heavy (non-hydrogen) atoms. The van der Waals surface area contributed by atoms with Gasteiger partial charge in [-0.3, -0.25) is 0 Å². The molecule has 0 aromatic heterocycles. The first-order chi connectivity index (χ1) is 7.80. The highest BCUT2D eigenvalue weighted by molar-refractivity contribution is 5.44. The molecule has 1 aromatic rings. The van der Waals surface area contributed by atoms with E-state index in [-0.39, 0.29) is 6.61 Å². The number of aliphatic hydroxyl groups excluding tert-OH is 1. The maximum atomic E-state index is 9.08. The molecule has 1 atom stereocenters. The van der Waals surface area contributed by atoms with Gasteiger partial charge in [-0.2, -0.15) is 0 Å². The molecule has 0 radical (unpaired) electrons. The lowest BCUT2D eigenvalue weighted by molar-refractivity contribution is 0.230. The fourth-order valence-corrected chi connectivity index (χ4v) is 1.68. The molecule has 0 bridgehead atoms. The van der Waals surface area contributed by atoms with Gasteiger partial charge in [0.05, 0.1) is 0 Å². The molecule has 0 aliphatic carbocycles. The third-order valence-corrected chi connectivity index (χ3v) is 2.92. The molecule has 1 unspecified atom stereocenters. The largest absolute Gasteiger partial charge is 0.396 e. The number of hydrogen-bond donors (Lipinski definition) is 2. The number of hydrogen-bond acceptors (Lipinski definition) is 2. The summed E-state index contributed by atoms with van der Waals surface area (Å²) in [7, 11) is 0. The SMILES string of the molecule is CCCc1ccc(NCC(CC)CO)cc1. The average molecular weight is 221 g/mol. The Morgan fingerprint density at radius 3 is 2.38 bits per heavy atom. The molecule has 0 saturated heterocycles. The molecule has 0 amide bonds. The van der Waals surface area contributed by atoms with Gasteiger partial charge < -0.3 is 10.4 Å². The fraction of sp³-hybridized carbons (Fsp3) is 0.571. The molecule has 90 valence electrons. The van der Waals surface area contributed by atoms with Gasteiger partial charge in [0, 0.05) is 18.8 Å². The molecule has 1 rings (SSSR count). The van der Waals surface area contributed by atoms with E-state index in [0.717, 1.165) is 25.1 Å². The molecule has 0 fully saturated rings. The zero-order valence-corrected chi connectivity index (χ0v) is 10.4. The lowest BCUT2D eigenvalue weighted by atomic mass is 10.1. The predicted octanol–water partition coefficient (Wildman–Crippen LogP) is 3.07. The number of anilines is 1. The summed E-state index contributed by atoms with van der Waals surface area (Å²) in [6.45, 7) is 5.41. The normalized spacial score (nSPS) is 12.4. The maximum Gasteiger partial charge on any atom is 0.0475 e. The van der Waals surface area contributed by atoms with Crippen molar-refractivity contribution in [2.45, 2.75) is 33.1 Å². The van der Waals surface area contributed by atoms with Gasteiger partial charge in [0.25, 0.3) is 0 Å². The number of rotatable bonds is 7. The molecular weight excluding hydrogens is 198 g/mol. The summed E-state index contributed by atoms with van der Waals surface area (Å²) in [6.07, 6.45) is 3.35. The van der Waals surface area contributed by atoms with E-state index in [9.17, 15) is 0 Å². The second-order valence-electron chi connectivity index (χ2n) is 4.28. The van der Waals surface area contributed by atoms with Crippen LogP contribution in [0.15, 0.2) is 24.3 Å². The van der Waals surface area contributed by atoms with Crippen molar-refractivity contribution in [3.63, 3.8) is 0 Å². The second kappa shape index (κ2) is 7.29. The maximum absolute atomic E-state index is 9.08. The van der Waals surface area contributed by atoms with Gasteiger partial charge in [0.15, 0.2) is 0 Å². The van der Waals surface area contributed by atoms with E-state index in [1.807, 2.05) is 0 Å². The molecule has 0 spiro atoms. The van der Waals surface area contributed by atoms with Crippen molar-refractivity contribution in [1.29, 1.82) is 0 Å². The predicted molar refractivity (Wildman–Crippen MR) is 69.8 cm³/mol. The van der Waals surface area contributed by atoms with E-state index in [1.54, 1.807) is 0 Å². The summed E-state index contributed by atoms with van der Waals surface area (Å²) in [5, 5.41) is 12.4. The first-order valence-electron chi connectivity index (χ1n) is 6.23. The standard InChI is InChI=1S/C14H23NO/c1-3-5-13-6-8-14(9-7-13)15-10-12(4-2)11-16/h6-9,12,15-16H,3-5,10-11H2,1-2H3. The average Bonchev–Trinajstić information content (AvgIpc) is 2.33. The minimum Gasteiger partial charge on any atom is -0.396 e. The summed E-state index contributed by atoms with van der Waals surface area (Å²) in [4.78, 5) is 0. The summed E-state index contributed by atoms with van der Waals surface area (Å²) >= 11 is 0. The quantitative estimate of drug-likeness (QED) is 0.741. The molecule has 2 nitrogen and oxygen atoms in total. The minimum atomic E-state index is 0.261. The van der Waals surface area contributed by atoms with Gasteiger partial charge in [-0.15, -0.1) is 0 Å². The second-order valence-corrected chi connectivity index (χ2v) is 4.28. The van der Waals surface area contributed by atoms with Crippen LogP contribution in [0.25, 0.3) is 0 Å². The smallest absolute Gasteiger partial charge is 0.0475 e. The Hall–Kier alpha value is -1.02. The van der Waals surface area contributed by atoms with E-state index in [1.165, 1.54) is 12.0 Å². The van der Waals surface area contributed by atoms with Gasteiger partial charge in [0.2, 0.25) is 0 Å². The Balaban J connectivity index is 2.42. The fourth-order valence-electron chi connectivity index (χ4n) is 1.68. The van der Waals surface area contributed by atoms with Gasteiger partial charge in [-0.25, -0.2) is 0 Å². The van der Waals surface area contributed by atoms with Crippen molar-refractivity contribution in [3.8, 4) is 0 Å². The lowest BCUT2D eigenvalue weighted by Gasteiger charge is -2.13. The van der Waals surface area contributed by atoms with Crippen LogP contribution in [0.1, 0.15) is 32.3 Å². The summed E-state index contributed by atoms with van der Waals surface area (Å²) in [5.41, 5.74) is 2.54. The van der Waals surface area contributed by atoms with Crippen molar-refractivity contribution in [3.05, 3.63) is 29.8 Å². The molecule has 2 N–H and O–H groups in total. The molecule has 1 aromatic carbocycles. The van der Waals surface area contributed by atoms with Crippen LogP contribution in [0.4, 0.5) is 5.69 Å². The van der Waals surface area contributed by atoms with Crippen molar-refractivity contribution in [2.24, 2.45) is 5.92 Å². The van der Waals surface area contributed by atoms with Gasteiger partial charge >= 0.3 is 0 Å². The summed E-state index contributed by atoms with van der Waals surface area (Å²) in [6, 6.07) is 8.58. The first-order valence-corrected chi connectivity index (χ1v) is 6.23. The molecule has 0 aliphatic rings. The van der Waals surface area contributed by atoms with E-state index >= 15 is 0 Å². The van der Waals surface area contributed by atoms with E-state index < -0.39 is 0 Å². The van der Waals surface area contributed by atoms with Crippen LogP contribution in [0.3, 0.4) is 0 Å². The van der Waals surface area contributed by atoms with E-state index in [2.05, 4.69) is 43.4 Å². The van der Waals surface area contributed by atoms with Crippen LogP contribution in [-0.2, 0) is 6.42 Å². The van der Waals surface area contributed by atoms with Crippen LogP contribution < -0.4 is 5.32 Å². The van der Waals surface area contributed by atoms with Gasteiger partial charge in [0.1, 0.15) is 0 Å². The van der Waals surface area contributed by atoms with E-state index in [0.29, 0.717) is 5.92 Å². The van der Waals surface area contributed by atoms with Crippen LogP contribution in [0.5, 0.6) is 0 Å². The monoisotopic (exact) mass is 221 g/mol. The highest BCUT2D eigenvalue weighted by atomic mass is 16.3. The molecule has 0 saturated carbocycles. The van der Waals surface area contributed by atoms with E-state index in [4.69, 9.17) is 5.11 Å². The summed E-state index contributed by atoms with van der Waals surface area (Å²) in [5.74, 6) is 0.357. The summed E-state index contributed by atoms with van der Waals surface area (Å²) < 4.78 is 0. The molecule has 0 aliphatic heterocycles. The number of aliphatic hydroxyl groups is 1. The number of aryl methyl sites for hydroxylation is 1. The Morgan fingerprint density at radius 2 is 1.88 bits per heavy atom. The van der Waals surface area contributed by atoms with Gasteiger partial charge in [-0.1, -0.05) is 32.4 Å². The van der Waals surface area contributed by atoms with Crippen molar-refractivity contribution in [1.82, 2.24) is 0 Å². The zero-order chi connectivity index (χ0) is 11.8. The zero-order valence-electron chi connectivity index (χ0n) is 10.4. The minimum absolute atomic E-state index is 0.261. The van der Waals surface area contributed by atoms with Crippen LogP contribution in [0, 0.1) is 5.92 Å². The highest BCUT2D eigenvalue weighted by Gasteiger charge is 2.03. The molecular formula is C14H23NO. The van der Waals surface area contributed by atoms with Crippen molar-refractivity contribution < 1.29 is 5.11 Å². The Morgan fingerprint density at radius 1 is 1.19 bits per heavy atom. The number of nitrogens with one attached hydrogen (secondary N) is 1. The lowest BCUT2D eigenvalue weighted by Crippen LogP contribution is -2.16. The van der Waals surface area contributed by atoms with Crippen LogP contribution in [0.2, 0.25) is 0 Å². The topological polar surface area (TPSA) is 32.3 Å². The third kappa shape index (κ3) is 4.23. The van der Waals surface area contributed by atoms with Crippen LogP contribution >= 0.6 is 0 Å². The van der Waals surface area contributed by atoms with Crippen molar-refractivity contribution >= 4 is 5.69 Å². The van der Waals surface area contributed by atoms with Gasteiger partial charge in [-0.05, 0) is 36.5 Å². The van der Waals surface area contributed by atoms with Crippen LogP contribution in [-0.4, -0.2) is 18.3 Å². The van der Waals surface area contributed by atoms with Crippen molar-refractivity contribution in [2.75, 3.05) is 18.5 Å². The Bertz CT molecular complexity index is 277. The molecule has 2 heteroatoms.